The molecule has 0 spiro atoms. The number of halogens is 2. The van der Waals surface area contributed by atoms with Crippen LogP contribution in [-0.4, -0.2) is 52.9 Å². The lowest BCUT2D eigenvalue weighted by Gasteiger charge is -2.45. The molecule has 2 aromatic carbocycles. The molecule has 1 amide bonds. The first-order chi connectivity index (χ1) is 18.8. The van der Waals surface area contributed by atoms with Crippen molar-refractivity contribution in [1.29, 1.82) is 5.26 Å². The van der Waals surface area contributed by atoms with E-state index >= 15 is 0 Å². The predicted octanol–water partition coefficient (Wildman–Crippen LogP) is 6.38. The van der Waals surface area contributed by atoms with Crippen LogP contribution in [0.1, 0.15) is 50.4 Å². The van der Waals surface area contributed by atoms with E-state index in [9.17, 15) is 15.2 Å². The highest BCUT2D eigenvalue weighted by atomic mass is 35.5. The lowest BCUT2D eigenvalue weighted by atomic mass is 9.94. The van der Waals surface area contributed by atoms with Gasteiger partial charge in [0.05, 0.1) is 34.0 Å². The number of hydrogen-bond acceptors (Lipinski definition) is 7. The van der Waals surface area contributed by atoms with Gasteiger partial charge in [-0.1, -0.05) is 35.3 Å². The van der Waals surface area contributed by atoms with E-state index in [1.54, 1.807) is 58.2 Å². The van der Waals surface area contributed by atoms with Crippen molar-refractivity contribution in [2.45, 2.75) is 44.9 Å². The molecule has 0 aliphatic carbocycles. The van der Waals surface area contributed by atoms with E-state index in [2.05, 4.69) is 26.2 Å². The third-order valence-corrected chi connectivity index (χ3v) is 7.20. The minimum atomic E-state index is -1.23. The van der Waals surface area contributed by atoms with Gasteiger partial charge in [0.25, 0.3) is 0 Å². The van der Waals surface area contributed by atoms with E-state index in [-0.39, 0.29) is 6.04 Å². The smallest absolute Gasteiger partial charge is 0.413 e. The summed E-state index contributed by atoms with van der Waals surface area (Å²) in [6, 6.07) is 18.5. The number of β-amino-alcohol motifs (C(OH)–C–C–N with tert-alkyl or cyclic N) is 1. The zero-order valence-corrected chi connectivity index (χ0v) is 24.5. The minimum absolute atomic E-state index is 0.0749. The second kappa shape index (κ2) is 12.0. The van der Waals surface area contributed by atoms with Gasteiger partial charge in [0.15, 0.2) is 0 Å². The number of nitriles is 1. The summed E-state index contributed by atoms with van der Waals surface area (Å²) in [4.78, 5) is 20.9. The Morgan fingerprint density at radius 1 is 1.12 bits per heavy atom. The molecule has 1 aliphatic heterocycles. The van der Waals surface area contributed by atoms with E-state index in [1.807, 2.05) is 30.3 Å². The van der Waals surface area contributed by atoms with Crippen molar-refractivity contribution in [1.82, 2.24) is 9.88 Å². The van der Waals surface area contributed by atoms with Gasteiger partial charge < -0.3 is 14.7 Å². The number of hydrogen-bond donors (Lipinski definition) is 2. The van der Waals surface area contributed by atoms with E-state index in [0.717, 1.165) is 11.3 Å². The first kappa shape index (κ1) is 29.6. The van der Waals surface area contributed by atoms with Crippen LogP contribution in [0.2, 0.25) is 10.0 Å². The van der Waals surface area contributed by atoms with Gasteiger partial charge in [0, 0.05) is 37.4 Å². The summed E-state index contributed by atoms with van der Waals surface area (Å²) in [7, 11) is 0. The molecule has 0 saturated carbocycles. The van der Waals surface area contributed by atoms with Gasteiger partial charge in [-0.25, -0.2) is 9.78 Å². The summed E-state index contributed by atoms with van der Waals surface area (Å²) in [5.41, 5.74) is 1.16. The normalized spacial score (nSPS) is 17.6. The molecule has 2 N–H and O–H groups in total. The van der Waals surface area contributed by atoms with Crippen molar-refractivity contribution in [2.75, 3.05) is 36.4 Å². The summed E-state index contributed by atoms with van der Waals surface area (Å²) in [6.07, 6.45) is 0.942. The number of benzene rings is 2. The Balaban J connectivity index is 1.54. The van der Waals surface area contributed by atoms with Crippen LogP contribution in [0.5, 0.6) is 0 Å². The van der Waals surface area contributed by atoms with Crippen molar-refractivity contribution in [3.63, 3.8) is 0 Å². The summed E-state index contributed by atoms with van der Waals surface area (Å²) in [6.45, 7) is 9.39. The van der Waals surface area contributed by atoms with Crippen LogP contribution in [0.15, 0.2) is 60.8 Å². The van der Waals surface area contributed by atoms with Crippen LogP contribution >= 0.6 is 23.2 Å². The largest absolute Gasteiger partial charge is 0.444 e. The number of carbonyl (C=O) groups excluding carboxylic acids is 1. The molecule has 4 rings (SSSR count). The molecule has 0 unspecified atom stereocenters. The number of anilines is 2. The molecule has 1 fully saturated rings. The van der Waals surface area contributed by atoms with Gasteiger partial charge in [0.1, 0.15) is 11.4 Å². The molecule has 2 atom stereocenters. The summed E-state index contributed by atoms with van der Waals surface area (Å²) in [5.74, 6) is 0.298. The summed E-state index contributed by atoms with van der Waals surface area (Å²) < 4.78 is 5.32. The fourth-order valence-corrected chi connectivity index (χ4v) is 5.23. The van der Waals surface area contributed by atoms with Gasteiger partial charge in [0.2, 0.25) is 0 Å². The van der Waals surface area contributed by atoms with Crippen LogP contribution in [0.4, 0.5) is 16.3 Å². The number of pyridine rings is 1. The molecule has 1 saturated heterocycles. The van der Waals surface area contributed by atoms with Gasteiger partial charge in [-0.2, -0.15) is 5.26 Å². The second-order valence-electron chi connectivity index (χ2n) is 11.1. The molecular weight excluding hydrogens is 549 g/mol. The minimum Gasteiger partial charge on any atom is -0.444 e. The van der Waals surface area contributed by atoms with Crippen LogP contribution in [0.25, 0.3) is 0 Å². The Morgan fingerprint density at radius 2 is 1.85 bits per heavy atom. The van der Waals surface area contributed by atoms with Crippen LogP contribution < -0.4 is 10.2 Å². The first-order valence-corrected chi connectivity index (χ1v) is 13.7. The quantitative estimate of drug-likeness (QED) is 0.348. The summed E-state index contributed by atoms with van der Waals surface area (Å²) in [5, 5.41) is 24.6. The molecule has 1 aromatic heterocycles. The van der Waals surface area contributed by atoms with E-state index < -0.39 is 17.3 Å². The lowest BCUT2D eigenvalue weighted by Crippen LogP contribution is -2.52. The number of nitrogens with zero attached hydrogens (tertiary/aromatic N) is 4. The molecule has 1 aliphatic rings. The fourth-order valence-electron chi connectivity index (χ4n) is 4.82. The molecule has 0 radical (unpaired) electrons. The topological polar surface area (TPSA) is 102 Å². The number of rotatable bonds is 6. The SMILES string of the molecule is CC(C)(C)OC(=O)Nc1cc([C@@](C)(O)CN2CCN(c3ccc(C#N)cc3Cl)[C@H](c3ccc(Cl)cc3)C2)ccn1. The Morgan fingerprint density at radius 3 is 2.50 bits per heavy atom. The zero-order valence-electron chi connectivity index (χ0n) is 23.0. The van der Waals surface area contributed by atoms with E-state index in [1.165, 1.54) is 0 Å². The van der Waals surface area contributed by atoms with Crippen molar-refractivity contribution in [2.24, 2.45) is 0 Å². The highest BCUT2D eigenvalue weighted by molar-refractivity contribution is 6.33. The molecule has 10 heteroatoms. The number of piperazine rings is 1. The standard InChI is InChI=1S/C30H33Cl2N5O3/c1-29(2,3)40-28(38)35-27-16-22(11-12-34-27)30(4,39)19-36-13-14-37(25-10-5-20(17-33)15-24(25)32)26(18-36)21-6-8-23(31)9-7-21/h5-12,15-16,26,39H,13-14,18-19H2,1-4H3,(H,34,35,38)/t26-,30-/m0/s1. The highest BCUT2D eigenvalue weighted by Gasteiger charge is 2.34. The van der Waals surface area contributed by atoms with Gasteiger partial charge in [-0.3, -0.25) is 10.2 Å². The number of aromatic nitrogens is 1. The van der Waals surface area contributed by atoms with Gasteiger partial charge in [-0.15, -0.1) is 0 Å². The zero-order chi connectivity index (χ0) is 29.1. The molecule has 3 aromatic rings. The predicted molar refractivity (Wildman–Crippen MR) is 158 cm³/mol. The molecular formula is C30H33Cl2N5O3. The highest BCUT2D eigenvalue weighted by Crippen LogP contribution is 2.37. The number of ether oxygens (including phenoxy) is 1. The molecule has 8 nitrogen and oxygen atoms in total. The Bertz CT molecular complexity index is 1400. The second-order valence-corrected chi connectivity index (χ2v) is 11.9. The van der Waals surface area contributed by atoms with Crippen molar-refractivity contribution in [3.8, 4) is 6.07 Å². The van der Waals surface area contributed by atoms with Gasteiger partial charge >= 0.3 is 6.09 Å². The molecule has 2 heterocycles. The van der Waals surface area contributed by atoms with Crippen LogP contribution in [-0.2, 0) is 10.3 Å². The van der Waals surface area contributed by atoms with Crippen LogP contribution in [0, 0.1) is 11.3 Å². The van der Waals surface area contributed by atoms with Crippen molar-refractivity contribution >= 4 is 40.8 Å². The molecule has 40 heavy (non-hydrogen) atoms. The summed E-state index contributed by atoms with van der Waals surface area (Å²) >= 11 is 12.8. The average Bonchev–Trinajstić information content (AvgIpc) is 2.88. The van der Waals surface area contributed by atoms with Crippen LogP contribution in [0.3, 0.4) is 0 Å². The monoisotopic (exact) mass is 581 g/mol. The molecule has 210 valence electrons. The van der Waals surface area contributed by atoms with Crippen molar-refractivity contribution < 1.29 is 14.6 Å². The van der Waals surface area contributed by atoms with E-state index in [4.69, 9.17) is 27.9 Å². The van der Waals surface area contributed by atoms with Crippen molar-refractivity contribution in [3.05, 3.63) is 87.5 Å². The third-order valence-electron chi connectivity index (χ3n) is 6.65. The molecule has 0 bridgehead atoms. The lowest BCUT2D eigenvalue weighted by molar-refractivity contribution is 0.0102. The maximum atomic E-state index is 12.2. The fraction of sp³-hybridized carbons (Fsp3) is 0.367. The number of aliphatic hydroxyl groups is 1. The maximum absolute atomic E-state index is 12.2. The number of nitrogens with one attached hydrogen (secondary N) is 1. The number of carbonyl (C=O) groups is 1. The van der Waals surface area contributed by atoms with Gasteiger partial charge in [-0.05, 0) is 81.3 Å². The van der Waals surface area contributed by atoms with E-state index in [0.29, 0.717) is 53.2 Å². The Kier molecular flexibility index (Phi) is 8.91. The third kappa shape index (κ3) is 7.43. The average molecular weight is 583 g/mol. The Labute approximate surface area is 245 Å². The number of amides is 1. The maximum Gasteiger partial charge on any atom is 0.413 e. The first-order valence-electron chi connectivity index (χ1n) is 13.0. The Hall–Kier alpha value is -3.35.